The summed E-state index contributed by atoms with van der Waals surface area (Å²) in [5, 5.41) is 5.00. The summed E-state index contributed by atoms with van der Waals surface area (Å²) in [6.07, 6.45) is 4.04. The molecule has 0 atom stereocenters. The van der Waals surface area contributed by atoms with E-state index in [-0.39, 0.29) is 12.1 Å². The highest BCUT2D eigenvalue weighted by Gasteiger charge is 2.18. The number of urea groups is 1. The molecular formula is C13H19N5O2. The van der Waals surface area contributed by atoms with E-state index in [0.29, 0.717) is 17.5 Å². The van der Waals surface area contributed by atoms with Crippen LogP contribution in [0.25, 0.3) is 0 Å². The Bertz CT molecular complexity index is 498. The highest BCUT2D eigenvalue weighted by Crippen LogP contribution is 2.21. The molecule has 1 saturated heterocycles. The largest absolute Gasteiger partial charge is 0.356 e. The third-order valence-corrected chi connectivity index (χ3v) is 3.39. The van der Waals surface area contributed by atoms with Gasteiger partial charge in [-0.2, -0.15) is 0 Å². The van der Waals surface area contributed by atoms with Crippen molar-refractivity contribution in [2.24, 2.45) is 5.73 Å². The van der Waals surface area contributed by atoms with Crippen molar-refractivity contribution in [1.29, 1.82) is 0 Å². The molecule has 2 amide bonds. The molecule has 1 fully saturated rings. The Hall–Kier alpha value is -2.15. The molecule has 0 aliphatic carbocycles. The van der Waals surface area contributed by atoms with Gasteiger partial charge in [-0.25, -0.2) is 9.78 Å². The first-order valence-corrected chi connectivity index (χ1v) is 6.58. The van der Waals surface area contributed by atoms with Crippen LogP contribution in [0.2, 0.25) is 0 Å². The van der Waals surface area contributed by atoms with E-state index >= 15 is 0 Å². The molecule has 0 saturated carbocycles. The van der Waals surface area contributed by atoms with Gasteiger partial charge in [0, 0.05) is 31.7 Å². The summed E-state index contributed by atoms with van der Waals surface area (Å²) in [6, 6.07) is 1.55. The van der Waals surface area contributed by atoms with Gasteiger partial charge < -0.3 is 21.3 Å². The van der Waals surface area contributed by atoms with E-state index in [1.807, 2.05) is 0 Å². The minimum absolute atomic E-state index is 0.242. The highest BCUT2D eigenvalue weighted by molar-refractivity contribution is 5.95. The van der Waals surface area contributed by atoms with E-state index in [2.05, 4.69) is 20.5 Å². The average molecular weight is 277 g/mol. The smallest absolute Gasteiger partial charge is 0.319 e. The van der Waals surface area contributed by atoms with Crippen LogP contribution in [0.3, 0.4) is 0 Å². The quantitative estimate of drug-likeness (QED) is 0.701. The summed E-state index contributed by atoms with van der Waals surface area (Å²) < 4.78 is 0. The minimum atomic E-state index is -0.383. The Labute approximate surface area is 117 Å². The standard InChI is InChI=1S/C13H19N5O2/c1-15-13(20)17-11-7-16-12(6-9(11)8-19)18-4-2-10(14)3-5-18/h6-8,10H,2-5,14H2,1H3,(H2,15,17,20). The second-order valence-corrected chi connectivity index (χ2v) is 4.78. The van der Waals surface area contributed by atoms with Crippen LogP contribution in [0.1, 0.15) is 23.2 Å². The number of carbonyl (C=O) groups excluding carboxylic acids is 2. The molecular weight excluding hydrogens is 258 g/mol. The van der Waals surface area contributed by atoms with Crippen molar-refractivity contribution >= 4 is 23.8 Å². The zero-order valence-corrected chi connectivity index (χ0v) is 11.4. The van der Waals surface area contributed by atoms with Crippen molar-refractivity contribution in [2.45, 2.75) is 18.9 Å². The maximum atomic E-state index is 11.3. The van der Waals surface area contributed by atoms with Gasteiger partial charge in [-0.05, 0) is 18.9 Å². The molecule has 0 bridgehead atoms. The molecule has 7 heteroatoms. The van der Waals surface area contributed by atoms with Crippen LogP contribution in [0.15, 0.2) is 12.3 Å². The number of piperidine rings is 1. The first kappa shape index (κ1) is 14.3. The number of rotatable bonds is 3. The van der Waals surface area contributed by atoms with Crippen LogP contribution in [0, 0.1) is 0 Å². The molecule has 2 heterocycles. The number of aromatic nitrogens is 1. The number of nitrogens with zero attached hydrogens (tertiary/aromatic N) is 2. The maximum Gasteiger partial charge on any atom is 0.319 e. The number of carbonyl (C=O) groups is 2. The number of hydrogen-bond donors (Lipinski definition) is 3. The number of aldehydes is 1. The van der Waals surface area contributed by atoms with Gasteiger partial charge in [0.2, 0.25) is 0 Å². The molecule has 4 N–H and O–H groups in total. The summed E-state index contributed by atoms with van der Waals surface area (Å²) in [5.74, 6) is 0.737. The molecule has 1 aromatic rings. The minimum Gasteiger partial charge on any atom is -0.356 e. The van der Waals surface area contributed by atoms with Crippen LogP contribution in [-0.4, -0.2) is 43.5 Å². The van der Waals surface area contributed by atoms with Gasteiger partial charge in [0.05, 0.1) is 11.9 Å². The lowest BCUT2D eigenvalue weighted by molar-refractivity contribution is 0.112. The Kier molecular flexibility index (Phi) is 4.52. The Balaban J connectivity index is 2.16. The van der Waals surface area contributed by atoms with E-state index in [1.54, 1.807) is 6.07 Å². The molecule has 20 heavy (non-hydrogen) atoms. The van der Waals surface area contributed by atoms with Gasteiger partial charge in [-0.1, -0.05) is 0 Å². The fraction of sp³-hybridized carbons (Fsp3) is 0.462. The van der Waals surface area contributed by atoms with Crippen LogP contribution in [0.5, 0.6) is 0 Å². The lowest BCUT2D eigenvalue weighted by Crippen LogP contribution is -2.40. The number of nitrogens with two attached hydrogens (primary N) is 1. The Morgan fingerprint density at radius 1 is 1.50 bits per heavy atom. The normalized spacial score (nSPS) is 15.8. The van der Waals surface area contributed by atoms with Crippen LogP contribution >= 0.6 is 0 Å². The number of anilines is 2. The number of pyridine rings is 1. The van der Waals surface area contributed by atoms with E-state index in [0.717, 1.165) is 31.7 Å². The molecule has 108 valence electrons. The number of nitrogens with one attached hydrogen (secondary N) is 2. The zero-order valence-electron chi connectivity index (χ0n) is 11.4. The molecule has 0 aromatic carbocycles. The molecule has 2 rings (SSSR count). The van der Waals surface area contributed by atoms with Crippen LogP contribution in [0.4, 0.5) is 16.3 Å². The van der Waals surface area contributed by atoms with E-state index in [1.165, 1.54) is 13.2 Å². The second-order valence-electron chi connectivity index (χ2n) is 4.78. The number of hydrogen-bond acceptors (Lipinski definition) is 5. The maximum absolute atomic E-state index is 11.3. The van der Waals surface area contributed by atoms with Crippen LogP contribution < -0.4 is 21.3 Å². The van der Waals surface area contributed by atoms with Crippen molar-refractivity contribution in [3.05, 3.63) is 17.8 Å². The SMILES string of the molecule is CNC(=O)Nc1cnc(N2CCC(N)CC2)cc1C=O. The average Bonchev–Trinajstić information content (AvgIpc) is 2.48. The predicted octanol–water partition coefficient (Wildman–Crippen LogP) is 0.573. The monoisotopic (exact) mass is 277 g/mol. The van der Waals surface area contributed by atoms with Crippen molar-refractivity contribution < 1.29 is 9.59 Å². The van der Waals surface area contributed by atoms with Crippen molar-refractivity contribution in [1.82, 2.24) is 10.3 Å². The highest BCUT2D eigenvalue weighted by atomic mass is 16.2. The molecule has 0 radical (unpaired) electrons. The van der Waals surface area contributed by atoms with Crippen molar-refractivity contribution in [3.63, 3.8) is 0 Å². The third-order valence-electron chi connectivity index (χ3n) is 3.39. The lowest BCUT2D eigenvalue weighted by atomic mass is 10.1. The predicted molar refractivity (Wildman–Crippen MR) is 77.1 cm³/mol. The summed E-state index contributed by atoms with van der Waals surface area (Å²) in [4.78, 5) is 28.8. The fourth-order valence-electron chi connectivity index (χ4n) is 2.15. The van der Waals surface area contributed by atoms with Gasteiger partial charge in [0.25, 0.3) is 0 Å². The fourth-order valence-corrected chi connectivity index (χ4v) is 2.15. The topological polar surface area (TPSA) is 100 Å². The van der Waals surface area contributed by atoms with E-state index < -0.39 is 0 Å². The van der Waals surface area contributed by atoms with E-state index in [9.17, 15) is 9.59 Å². The van der Waals surface area contributed by atoms with Crippen molar-refractivity contribution in [3.8, 4) is 0 Å². The molecule has 0 unspecified atom stereocenters. The molecule has 1 aliphatic rings. The summed E-state index contributed by atoms with van der Waals surface area (Å²) in [7, 11) is 1.51. The summed E-state index contributed by atoms with van der Waals surface area (Å²) in [5.41, 5.74) is 6.68. The summed E-state index contributed by atoms with van der Waals surface area (Å²) >= 11 is 0. The van der Waals surface area contributed by atoms with E-state index in [4.69, 9.17) is 5.73 Å². The van der Waals surface area contributed by atoms with Gasteiger partial charge >= 0.3 is 6.03 Å². The Morgan fingerprint density at radius 3 is 2.80 bits per heavy atom. The van der Waals surface area contributed by atoms with Gasteiger partial charge in [-0.15, -0.1) is 0 Å². The van der Waals surface area contributed by atoms with Gasteiger partial charge in [0.15, 0.2) is 6.29 Å². The van der Waals surface area contributed by atoms with Gasteiger partial charge in [-0.3, -0.25) is 4.79 Å². The molecule has 1 aliphatic heterocycles. The lowest BCUT2D eigenvalue weighted by Gasteiger charge is -2.31. The third kappa shape index (κ3) is 3.24. The number of amides is 2. The first-order valence-electron chi connectivity index (χ1n) is 6.58. The second kappa shape index (κ2) is 6.33. The summed E-state index contributed by atoms with van der Waals surface area (Å²) in [6.45, 7) is 1.66. The van der Waals surface area contributed by atoms with Gasteiger partial charge in [0.1, 0.15) is 5.82 Å². The molecule has 1 aromatic heterocycles. The van der Waals surface area contributed by atoms with Crippen LogP contribution in [-0.2, 0) is 0 Å². The zero-order chi connectivity index (χ0) is 14.5. The molecule has 7 nitrogen and oxygen atoms in total. The van der Waals surface area contributed by atoms with Crippen molar-refractivity contribution in [2.75, 3.05) is 30.4 Å². The molecule has 0 spiro atoms. The Morgan fingerprint density at radius 2 is 2.20 bits per heavy atom. The first-order chi connectivity index (χ1) is 9.63.